The first-order valence-corrected chi connectivity index (χ1v) is 5.46. The molecule has 0 aromatic carbocycles. The van der Waals surface area contributed by atoms with Crippen molar-refractivity contribution in [2.24, 2.45) is 0 Å². The van der Waals surface area contributed by atoms with Gasteiger partial charge in [-0.05, 0) is 12.8 Å². The Morgan fingerprint density at radius 2 is 2.00 bits per heavy atom. The van der Waals surface area contributed by atoms with E-state index in [2.05, 4.69) is 5.16 Å². The lowest BCUT2D eigenvalue weighted by atomic mass is 9.97. The Labute approximate surface area is 84.1 Å². The molecule has 0 amide bonds. The maximum Gasteiger partial charge on any atom is 0.162 e. The Balaban J connectivity index is 2.04. The molecule has 0 radical (unpaired) electrons. The zero-order valence-electron chi connectivity index (χ0n) is 8.41. The van der Waals surface area contributed by atoms with Crippen LogP contribution in [0.5, 0.6) is 0 Å². The van der Waals surface area contributed by atoms with Crippen LogP contribution in [-0.2, 0) is 6.61 Å². The van der Waals surface area contributed by atoms with Crippen LogP contribution >= 0.6 is 0 Å². The number of aliphatic hydroxyl groups is 1. The van der Waals surface area contributed by atoms with Crippen molar-refractivity contribution in [3.63, 3.8) is 0 Å². The average Bonchev–Trinajstić information content (AvgIpc) is 2.53. The molecular weight excluding hydrogens is 178 g/mol. The van der Waals surface area contributed by atoms with Gasteiger partial charge in [0.05, 0.1) is 5.69 Å². The van der Waals surface area contributed by atoms with Gasteiger partial charge in [-0.15, -0.1) is 0 Å². The lowest BCUT2D eigenvalue weighted by Gasteiger charge is -2.08. The van der Waals surface area contributed by atoms with Crippen molar-refractivity contribution in [3.8, 4) is 0 Å². The van der Waals surface area contributed by atoms with Crippen LogP contribution in [0.15, 0.2) is 10.6 Å². The fourth-order valence-corrected chi connectivity index (χ4v) is 2.17. The molecule has 1 N–H and O–H groups in total. The van der Waals surface area contributed by atoms with Gasteiger partial charge in [-0.2, -0.15) is 0 Å². The highest BCUT2D eigenvalue weighted by Gasteiger charge is 2.17. The number of rotatable bonds is 2. The molecule has 0 aliphatic heterocycles. The van der Waals surface area contributed by atoms with Crippen LogP contribution in [0.25, 0.3) is 0 Å². The first-order chi connectivity index (χ1) is 6.90. The van der Waals surface area contributed by atoms with E-state index in [1.54, 1.807) is 0 Å². The predicted molar refractivity (Wildman–Crippen MR) is 52.9 cm³/mol. The molecule has 1 aliphatic rings. The summed E-state index contributed by atoms with van der Waals surface area (Å²) in [7, 11) is 0. The van der Waals surface area contributed by atoms with Crippen LogP contribution in [0.2, 0.25) is 0 Å². The molecule has 1 aromatic rings. The zero-order chi connectivity index (χ0) is 9.80. The van der Waals surface area contributed by atoms with E-state index in [0.29, 0.717) is 11.7 Å². The van der Waals surface area contributed by atoms with Crippen molar-refractivity contribution in [3.05, 3.63) is 17.5 Å². The largest absolute Gasteiger partial charge is 0.388 e. The van der Waals surface area contributed by atoms with Gasteiger partial charge in [0.15, 0.2) is 5.76 Å². The first kappa shape index (κ1) is 9.71. The number of aromatic nitrogens is 1. The molecule has 1 aromatic heterocycles. The molecule has 3 nitrogen and oxygen atoms in total. The first-order valence-electron chi connectivity index (χ1n) is 5.46. The number of hydrogen-bond donors (Lipinski definition) is 1. The van der Waals surface area contributed by atoms with Gasteiger partial charge in [0.2, 0.25) is 0 Å². The van der Waals surface area contributed by atoms with E-state index in [1.165, 1.54) is 38.5 Å². The molecule has 14 heavy (non-hydrogen) atoms. The van der Waals surface area contributed by atoms with E-state index in [0.717, 1.165) is 5.69 Å². The fraction of sp³-hybridized carbons (Fsp3) is 0.727. The van der Waals surface area contributed by atoms with E-state index < -0.39 is 0 Å². The van der Waals surface area contributed by atoms with Crippen LogP contribution < -0.4 is 0 Å². The summed E-state index contributed by atoms with van der Waals surface area (Å²) in [6, 6.07) is 1.90. The molecular formula is C11H17NO2. The van der Waals surface area contributed by atoms with Crippen LogP contribution in [0.1, 0.15) is 55.9 Å². The van der Waals surface area contributed by atoms with Gasteiger partial charge in [-0.3, -0.25) is 0 Å². The van der Waals surface area contributed by atoms with E-state index in [4.69, 9.17) is 9.63 Å². The zero-order valence-corrected chi connectivity index (χ0v) is 8.41. The summed E-state index contributed by atoms with van der Waals surface area (Å²) in [5, 5.41) is 12.9. The highest BCUT2D eigenvalue weighted by Crippen LogP contribution is 2.31. The van der Waals surface area contributed by atoms with Crippen molar-refractivity contribution >= 4 is 0 Å². The number of aliphatic hydroxyl groups excluding tert-OH is 1. The van der Waals surface area contributed by atoms with Crippen LogP contribution in [0, 0.1) is 0 Å². The molecule has 1 aliphatic carbocycles. The normalized spacial score (nSPS) is 19.5. The summed E-state index contributed by atoms with van der Waals surface area (Å²) in [5.74, 6) is 1.14. The fourth-order valence-electron chi connectivity index (χ4n) is 2.17. The average molecular weight is 195 g/mol. The quantitative estimate of drug-likeness (QED) is 0.738. The maximum absolute atomic E-state index is 8.87. The lowest BCUT2D eigenvalue weighted by Crippen LogP contribution is -1.96. The number of nitrogens with zero attached hydrogens (tertiary/aromatic N) is 1. The van der Waals surface area contributed by atoms with E-state index >= 15 is 0 Å². The van der Waals surface area contributed by atoms with Crippen LogP contribution in [-0.4, -0.2) is 10.3 Å². The van der Waals surface area contributed by atoms with Crippen LogP contribution in [0.3, 0.4) is 0 Å². The molecule has 0 bridgehead atoms. The molecule has 0 spiro atoms. The molecule has 0 saturated heterocycles. The Hall–Kier alpha value is -0.830. The summed E-state index contributed by atoms with van der Waals surface area (Å²) in [6.45, 7) is -0.0419. The Morgan fingerprint density at radius 3 is 2.57 bits per heavy atom. The summed E-state index contributed by atoms with van der Waals surface area (Å²) in [5.41, 5.74) is 1.04. The molecule has 0 atom stereocenters. The van der Waals surface area contributed by atoms with Gasteiger partial charge in [-0.1, -0.05) is 30.8 Å². The molecule has 2 rings (SSSR count). The van der Waals surface area contributed by atoms with Gasteiger partial charge in [0.25, 0.3) is 0 Å². The number of hydrogen-bond acceptors (Lipinski definition) is 3. The van der Waals surface area contributed by atoms with Crippen molar-refractivity contribution in [2.45, 2.75) is 51.0 Å². The Bertz CT molecular complexity index is 275. The molecule has 1 fully saturated rings. The van der Waals surface area contributed by atoms with Gasteiger partial charge in [0.1, 0.15) is 6.61 Å². The van der Waals surface area contributed by atoms with Gasteiger partial charge < -0.3 is 9.63 Å². The lowest BCUT2D eigenvalue weighted by molar-refractivity contribution is 0.228. The van der Waals surface area contributed by atoms with Gasteiger partial charge >= 0.3 is 0 Å². The topological polar surface area (TPSA) is 46.3 Å². The minimum atomic E-state index is -0.0419. The maximum atomic E-state index is 8.87. The van der Waals surface area contributed by atoms with E-state index in [1.807, 2.05) is 6.07 Å². The highest BCUT2D eigenvalue weighted by molar-refractivity contribution is 5.10. The molecule has 0 unspecified atom stereocenters. The summed E-state index contributed by atoms with van der Waals surface area (Å²) in [4.78, 5) is 0. The highest BCUT2D eigenvalue weighted by atomic mass is 16.5. The standard InChI is InChI=1S/C11H17NO2/c13-8-10-7-11(12-14-10)9-5-3-1-2-4-6-9/h7,9,13H,1-6,8H2. The third-order valence-electron chi connectivity index (χ3n) is 3.01. The summed E-state index contributed by atoms with van der Waals surface area (Å²) < 4.78 is 5.01. The van der Waals surface area contributed by atoms with Crippen molar-refractivity contribution in [1.29, 1.82) is 0 Å². The summed E-state index contributed by atoms with van der Waals surface area (Å²) in [6.07, 6.45) is 7.73. The van der Waals surface area contributed by atoms with Crippen LogP contribution in [0.4, 0.5) is 0 Å². The molecule has 78 valence electrons. The Kier molecular flexibility index (Phi) is 3.19. The molecule has 3 heteroatoms. The van der Waals surface area contributed by atoms with Crippen molar-refractivity contribution in [1.82, 2.24) is 5.16 Å². The second-order valence-electron chi connectivity index (χ2n) is 4.06. The van der Waals surface area contributed by atoms with Crippen molar-refractivity contribution in [2.75, 3.05) is 0 Å². The predicted octanol–water partition coefficient (Wildman–Crippen LogP) is 2.60. The third kappa shape index (κ3) is 2.15. The monoisotopic (exact) mass is 195 g/mol. The SMILES string of the molecule is OCc1cc(C2CCCCCC2)no1. The van der Waals surface area contributed by atoms with E-state index in [9.17, 15) is 0 Å². The molecule has 1 saturated carbocycles. The minimum Gasteiger partial charge on any atom is -0.388 e. The van der Waals surface area contributed by atoms with Crippen molar-refractivity contribution < 1.29 is 9.63 Å². The minimum absolute atomic E-state index is 0.0419. The van der Waals surface area contributed by atoms with Gasteiger partial charge in [-0.25, -0.2) is 0 Å². The second kappa shape index (κ2) is 4.60. The van der Waals surface area contributed by atoms with E-state index in [-0.39, 0.29) is 6.61 Å². The summed E-state index contributed by atoms with van der Waals surface area (Å²) >= 11 is 0. The Morgan fingerprint density at radius 1 is 1.29 bits per heavy atom. The smallest absolute Gasteiger partial charge is 0.162 e. The van der Waals surface area contributed by atoms with Gasteiger partial charge in [0, 0.05) is 12.0 Å². The second-order valence-corrected chi connectivity index (χ2v) is 4.06. The third-order valence-corrected chi connectivity index (χ3v) is 3.01. The molecule has 1 heterocycles.